The fourth-order valence-corrected chi connectivity index (χ4v) is 3.66. The Morgan fingerprint density at radius 1 is 1.17 bits per heavy atom. The fourth-order valence-electron chi connectivity index (χ4n) is 2.29. The van der Waals surface area contributed by atoms with Crippen molar-refractivity contribution < 1.29 is 19.0 Å². The smallest absolute Gasteiger partial charge is 0.232 e. The summed E-state index contributed by atoms with van der Waals surface area (Å²) in [5, 5.41) is 18.7. The second-order valence-corrected chi connectivity index (χ2v) is 7.66. The van der Waals surface area contributed by atoms with Crippen molar-refractivity contribution in [2.24, 2.45) is 5.73 Å². The molecule has 0 aliphatic rings. The number of halogens is 3. The van der Waals surface area contributed by atoms with E-state index in [0.717, 1.165) is 0 Å². The molecule has 0 spiro atoms. The topological polar surface area (TPSA) is 103 Å². The van der Waals surface area contributed by atoms with Crippen LogP contribution >= 0.6 is 34.5 Å². The zero-order valence-corrected chi connectivity index (χ0v) is 17.6. The molecule has 0 unspecified atom stereocenters. The van der Waals surface area contributed by atoms with E-state index >= 15 is 0 Å². The molecule has 11 heteroatoms. The van der Waals surface area contributed by atoms with Crippen LogP contribution in [0.15, 0.2) is 24.4 Å². The minimum absolute atomic E-state index is 0.0441. The summed E-state index contributed by atoms with van der Waals surface area (Å²) < 4.78 is 25.0. The number of aliphatic hydroxyl groups is 1. The Morgan fingerprint density at radius 2 is 1.93 bits per heavy atom. The number of nitrogens with two attached hydrogens (primary N) is 1. The van der Waals surface area contributed by atoms with E-state index < -0.39 is 11.9 Å². The van der Waals surface area contributed by atoms with E-state index in [1.807, 2.05) is 6.92 Å². The van der Waals surface area contributed by atoms with E-state index in [0.29, 0.717) is 38.7 Å². The maximum absolute atomic E-state index is 14.4. The number of hydrogen-bond acceptors (Lipinski definition) is 8. The molecular weight excluding hydrogens is 442 g/mol. The molecule has 0 fully saturated rings. The van der Waals surface area contributed by atoms with Gasteiger partial charge in [0.1, 0.15) is 21.6 Å². The Bertz CT molecular complexity index is 1010. The van der Waals surface area contributed by atoms with Crippen LogP contribution in [-0.2, 0) is 0 Å². The molecule has 29 heavy (non-hydrogen) atoms. The van der Waals surface area contributed by atoms with Crippen molar-refractivity contribution in [2.75, 3.05) is 19.8 Å². The number of ether oxygens (including phenoxy) is 2. The molecule has 0 aliphatic heterocycles. The van der Waals surface area contributed by atoms with Crippen LogP contribution in [-0.4, -0.2) is 46.2 Å². The summed E-state index contributed by atoms with van der Waals surface area (Å²) in [5.41, 5.74) is 6.58. The summed E-state index contributed by atoms with van der Waals surface area (Å²) >= 11 is 13.7. The minimum Gasteiger partial charge on any atom is -0.489 e. The maximum atomic E-state index is 14.4. The number of hydrogen-bond donors (Lipinski definition) is 2. The third-order valence-electron chi connectivity index (χ3n) is 3.70. The lowest BCUT2D eigenvalue weighted by Gasteiger charge is -2.12. The second-order valence-electron chi connectivity index (χ2n) is 5.87. The van der Waals surface area contributed by atoms with Gasteiger partial charge < -0.3 is 20.3 Å². The molecule has 2 heterocycles. The van der Waals surface area contributed by atoms with Gasteiger partial charge in [-0.1, -0.05) is 34.5 Å². The molecule has 1 atom stereocenters. The second kappa shape index (κ2) is 9.64. The molecule has 3 rings (SSSR count). The van der Waals surface area contributed by atoms with Crippen LogP contribution in [0.4, 0.5) is 4.39 Å². The van der Waals surface area contributed by atoms with Crippen molar-refractivity contribution in [1.82, 2.24) is 15.2 Å². The first-order valence-corrected chi connectivity index (χ1v) is 10.1. The van der Waals surface area contributed by atoms with E-state index in [4.69, 9.17) is 43.5 Å². The lowest BCUT2D eigenvalue weighted by Crippen LogP contribution is -2.31. The van der Waals surface area contributed by atoms with Gasteiger partial charge in [-0.25, -0.2) is 9.37 Å². The van der Waals surface area contributed by atoms with Crippen molar-refractivity contribution in [3.05, 3.63) is 40.3 Å². The molecular formula is C18H17Cl2FN4O3S. The van der Waals surface area contributed by atoms with Crippen molar-refractivity contribution >= 4 is 34.5 Å². The quantitative estimate of drug-likeness (QED) is 0.528. The Hall–Kier alpha value is -2.04. The molecule has 0 aliphatic carbocycles. The number of rotatable bonds is 8. The largest absolute Gasteiger partial charge is 0.489 e. The van der Waals surface area contributed by atoms with E-state index in [2.05, 4.69) is 15.2 Å². The Labute approximate surface area is 180 Å². The SMILES string of the molecule is CCOc1ncc(-c2nnc(-c3cc(F)c(OC[C@H](N)CO)cc3Cl)s2)cc1Cl. The Balaban J connectivity index is 1.85. The van der Waals surface area contributed by atoms with Gasteiger partial charge in [0.25, 0.3) is 0 Å². The van der Waals surface area contributed by atoms with Gasteiger partial charge >= 0.3 is 0 Å². The first kappa shape index (κ1) is 21.7. The molecule has 154 valence electrons. The first-order chi connectivity index (χ1) is 13.9. The van der Waals surface area contributed by atoms with Gasteiger partial charge in [0.2, 0.25) is 5.88 Å². The van der Waals surface area contributed by atoms with Gasteiger partial charge in [-0.3, -0.25) is 0 Å². The van der Waals surface area contributed by atoms with Crippen LogP contribution in [0.3, 0.4) is 0 Å². The van der Waals surface area contributed by atoms with Crippen LogP contribution < -0.4 is 15.2 Å². The van der Waals surface area contributed by atoms with Gasteiger partial charge in [0.05, 0.1) is 24.3 Å². The van der Waals surface area contributed by atoms with E-state index in [1.54, 1.807) is 12.3 Å². The Morgan fingerprint density at radius 3 is 2.62 bits per heavy atom. The minimum atomic E-state index is -0.628. The third-order valence-corrected chi connectivity index (χ3v) is 5.29. The van der Waals surface area contributed by atoms with Crippen molar-refractivity contribution in [3.8, 4) is 32.8 Å². The molecule has 0 amide bonds. The number of benzene rings is 1. The predicted octanol–water partition coefficient (Wildman–Crippen LogP) is 3.81. The van der Waals surface area contributed by atoms with Gasteiger partial charge in [0.15, 0.2) is 11.6 Å². The van der Waals surface area contributed by atoms with Crippen LogP contribution in [0.1, 0.15) is 6.92 Å². The summed E-state index contributed by atoms with van der Waals surface area (Å²) in [6.07, 6.45) is 1.57. The average molecular weight is 459 g/mol. The highest BCUT2D eigenvalue weighted by Crippen LogP contribution is 2.38. The molecule has 3 N–H and O–H groups in total. The van der Waals surface area contributed by atoms with E-state index in [9.17, 15) is 4.39 Å². The van der Waals surface area contributed by atoms with Crippen LogP contribution in [0.2, 0.25) is 10.0 Å². The number of nitrogens with zero attached hydrogens (tertiary/aromatic N) is 3. The molecule has 3 aromatic rings. The Kier molecular flexibility index (Phi) is 7.20. The van der Waals surface area contributed by atoms with E-state index in [1.165, 1.54) is 23.5 Å². The monoisotopic (exact) mass is 458 g/mol. The van der Waals surface area contributed by atoms with Crippen molar-refractivity contribution in [1.29, 1.82) is 0 Å². The lowest BCUT2D eigenvalue weighted by molar-refractivity contribution is 0.202. The van der Waals surface area contributed by atoms with Crippen LogP contribution in [0.5, 0.6) is 11.6 Å². The third kappa shape index (κ3) is 5.12. The van der Waals surface area contributed by atoms with Crippen LogP contribution in [0, 0.1) is 5.82 Å². The standard InChI is InChI=1S/C18H17Cl2FN4O3S/c1-2-27-16-13(20)3-9(6-23-16)17-24-25-18(29-17)11-4-14(21)15(5-12(11)19)28-8-10(22)7-26/h3-6,10,26H,2,7-8,22H2,1H3/t10-/m1/s1. The van der Waals surface area contributed by atoms with Crippen molar-refractivity contribution in [3.63, 3.8) is 0 Å². The number of aliphatic hydroxyl groups excluding tert-OH is 1. The summed E-state index contributed by atoms with van der Waals surface area (Å²) in [7, 11) is 0. The molecule has 0 saturated carbocycles. The first-order valence-electron chi connectivity index (χ1n) is 8.53. The maximum Gasteiger partial charge on any atom is 0.232 e. The van der Waals surface area contributed by atoms with E-state index in [-0.39, 0.29) is 24.0 Å². The summed E-state index contributed by atoms with van der Waals surface area (Å²) in [5.74, 6) is -0.351. The molecule has 7 nitrogen and oxygen atoms in total. The summed E-state index contributed by atoms with van der Waals surface area (Å²) in [6.45, 7) is 1.97. The van der Waals surface area contributed by atoms with Gasteiger partial charge in [-0.2, -0.15) is 0 Å². The molecule has 1 aromatic carbocycles. The van der Waals surface area contributed by atoms with Gasteiger partial charge in [-0.05, 0) is 19.1 Å². The van der Waals surface area contributed by atoms with Crippen LogP contribution in [0.25, 0.3) is 21.1 Å². The van der Waals surface area contributed by atoms with Gasteiger partial charge in [-0.15, -0.1) is 10.2 Å². The highest BCUT2D eigenvalue weighted by atomic mass is 35.5. The summed E-state index contributed by atoms with van der Waals surface area (Å²) in [4.78, 5) is 4.17. The summed E-state index contributed by atoms with van der Waals surface area (Å²) in [6, 6.07) is 3.61. The van der Waals surface area contributed by atoms with Crippen molar-refractivity contribution in [2.45, 2.75) is 13.0 Å². The van der Waals surface area contributed by atoms with Gasteiger partial charge in [0, 0.05) is 23.4 Å². The molecule has 0 bridgehead atoms. The zero-order chi connectivity index (χ0) is 21.0. The number of pyridine rings is 1. The average Bonchev–Trinajstić information content (AvgIpc) is 3.19. The zero-order valence-electron chi connectivity index (χ0n) is 15.2. The molecule has 0 radical (unpaired) electrons. The highest BCUT2D eigenvalue weighted by Gasteiger charge is 2.17. The lowest BCUT2D eigenvalue weighted by atomic mass is 10.2. The highest BCUT2D eigenvalue weighted by molar-refractivity contribution is 7.18. The normalized spacial score (nSPS) is 12.1. The predicted molar refractivity (Wildman–Crippen MR) is 110 cm³/mol. The molecule has 2 aromatic heterocycles. The number of aromatic nitrogens is 3. The fraction of sp³-hybridized carbons (Fsp3) is 0.278. The molecule has 0 saturated heterocycles.